The first-order valence-corrected chi connectivity index (χ1v) is 12.6. The maximum absolute atomic E-state index is 13.0. The molecule has 3 aromatic carbocycles. The molecule has 0 bridgehead atoms. The number of hydrogen-bond donors (Lipinski definition) is 1. The zero-order valence-electron chi connectivity index (χ0n) is 20.6. The first-order chi connectivity index (χ1) is 18.4. The summed E-state index contributed by atoms with van der Waals surface area (Å²) in [6.07, 6.45) is -0.705. The van der Waals surface area contributed by atoms with Crippen molar-refractivity contribution in [3.8, 4) is 22.5 Å². The smallest absolute Gasteiger partial charge is 0.369 e. The summed E-state index contributed by atoms with van der Waals surface area (Å²) in [6, 6.07) is 24.2. The number of fused-ring (bicyclic) bond motifs is 1. The highest BCUT2D eigenvalue weighted by atomic mass is 19.4. The second-order valence-corrected chi connectivity index (χ2v) is 9.56. The van der Waals surface area contributed by atoms with Gasteiger partial charge in [-0.3, -0.25) is 9.88 Å². The summed E-state index contributed by atoms with van der Waals surface area (Å²) in [5, 5.41) is 0. The molecule has 5 aromatic rings. The maximum atomic E-state index is 13.0. The fourth-order valence-corrected chi connectivity index (χ4v) is 4.92. The van der Waals surface area contributed by atoms with Crippen LogP contribution in [0.5, 0.6) is 0 Å². The van der Waals surface area contributed by atoms with E-state index in [-0.39, 0.29) is 0 Å². The Morgan fingerprint density at radius 1 is 0.737 bits per heavy atom. The molecule has 0 unspecified atom stereocenters. The number of hydrogen-bond acceptors (Lipinski definition) is 4. The second-order valence-electron chi connectivity index (χ2n) is 9.56. The zero-order valence-corrected chi connectivity index (χ0v) is 20.6. The molecule has 0 amide bonds. The summed E-state index contributed by atoms with van der Waals surface area (Å²) in [6.45, 7) is 4.97. The Morgan fingerprint density at radius 2 is 1.37 bits per heavy atom. The van der Waals surface area contributed by atoms with Crippen molar-refractivity contribution < 1.29 is 13.2 Å². The van der Waals surface area contributed by atoms with Gasteiger partial charge in [-0.15, -0.1) is 0 Å². The van der Waals surface area contributed by atoms with Crippen LogP contribution in [-0.2, 0) is 12.7 Å². The summed E-state index contributed by atoms with van der Waals surface area (Å²) in [5.74, 6) is 0.547. The summed E-state index contributed by atoms with van der Waals surface area (Å²) >= 11 is 0. The van der Waals surface area contributed by atoms with Gasteiger partial charge in [0.2, 0.25) is 0 Å². The predicted octanol–water partition coefficient (Wildman–Crippen LogP) is 6.63. The Kier molecular flexibility index (Phi) is 6.33. The van der Waals surface area contributed by atoms with Crippen molar-refractivity contribution in [2.75, 3.05) is 31.1 Å². The molecule has 1 saturated heterocycles. The molecule has 1 N–H and O–H groups in total. The fourth-order valence-electron chi connectivity index (χ4n) is 4.92. The third kappa shape index (κ3) is 5.13. The lowest BCUT2D eigenvalue weighted by molar-refractivity contribution is -0.137. The van der Waals surface area contributed by atoms with Crippen LogP contribution in [0.25, 0.3) is 33.5 Å². The number of imidazole rings is 1. The van der Waals surface area contributed by atoms with Crippen LogP contribution in [0.4, 0.5) is 18.9 Å². The number of anilines is 1. The maximum Gasteiger partial charge on any atom is 0.416 e. The average Bonchev–Trinajstić information content (AvgIpc) is 3.38. The van der Waals surface area contributed by atoms with Crippen molar-refractivity contribution in [1.82, 2.24) is 19.9 Å². The number of aromatic amines is 1. The molecule has 1 aliphatic heterocycles. The van der Waals surface area contributed by atoms with Gasteiger partial charge in [-0.2, -0.15) is 13.2 Å². The lowest BCUT2D eigenvalue weighted by Gasteiger charge is -2.36. The van der Waals surface area contributed by atoms with Gasteiger partial charge in [-0.05, 0) is 47.0 Å². The normalized spacial score (nSPS) is 14.8. The highest BCUT2D eigenvalue weighted by Gasteiger charge is 2.30. The quantitative estimate of drug-likeness (QED) is 0.287. The second kappa shape index (κ2) is 9.95. The zero-order chi connectivity index (χ0) is 26.1. The van der Waals surface area contributed by atoms with Crippen molar-refractivity contribution in [2.45, 2.75) is 12.7 Å². The van der Waals surface area contributed by atoms with Crippen LogP contribution >= 0.6 is 0 Å². The Hall–Kier alpha value is -4.17. The number of halogens is 3. The van der Waals surface area contributed by atoms with Gasteiger partial charge in [0, 0.05) is 56.4 Å². The van der Waals surface area contributed by atoms with Crippen LogP contribution in [-0.4, -0.2) is 46.0 Å². The van der Waals surface area contributed by atoms with Gasteiger partial charge in [0.25, 0.3) is 0 Å². The van der Waals surface area contributed by atoms with Crippen LogP contribution in [0.3, 0.4) is 0 Å². The number of H-pyrrole nitrogens is 1. The van der Waals surface area contributed by atoms with E-state index in [1.165, 1.54) is 17.3 Å². The highest BCUT2D eigenvalue weighted by Crippen LogP contribution is 2.32. The Bertz CT molecular complexity index is 1520. The molecule has 2 aromatic heterocycles. The molecular formula is C30H26F3N5. The van der Waals surface area contributed by atoms with E-state index >= 15 is 0 Å². The van der Waals surface area contributed by atoms with E-state index in [2.05, 4.69) is 61.1 Å². The minimum absolute atomic E-state index is 0.369. The number of rotatable bonds is 5. The average molecular weight is 514 g/mol. The molecule has 3 heterocycles. The third-order valence-electron chi connectivity index (χ3n) is 7.06. The Morgan fingerprint density at radius 3 is 2.03 bits per heavy atom. The van der Waals surface area contributed by atoms with Crippen molar-refractivity contribution in [1.29, 1.82) is 0 Å². The summed E-state index contributed by atoms with van der Waals surface area (Å²) < 4.78 is 39.1. The number of benzene rings is 3. The van der Waals surface area contributed by atoms with Gasteiger partial charge in [-0.25, -0.2) is 4.98 Å². The number of aromatic nitrogens is 3. The van der Waals surface area contributed by atoms with E-state index in [0.717, 1.165) is 61.5 Å². The van der Waals surface area contributed by atoms with Gasteiger partial charge in [0.15, 0.2) is 0 Å². The van der Waals surface area contributed by atoms with Crippen molar-refractivity contribution >= 4 is 16.7 Å². The minimum atomic E-state index is -4.38. The molecule has 0 aliphatic carbocycles. The number of piperazine rings is 1. The van der Waals surface area contributed by atoms with Crippen LogP contribution in [0.15, 0.2) is 91.3 Å². The largest absolute Gasteiger partial charge is 0.416 e. The van der Waals surface area contributed by atoms with Gasteiger partial charge in [-0.1, -0.05) is 48.5 Å². The van der Waals surface area contributed by atoms with Gasteiger partial charge in [0.1, 0.15) is 5.82 Å². The lowest BCUT2D eigenvalue weighted by Crippen LogP contribution is -2.45. The van der Waals surface area contributed by atoms with E-state index in [1.807, 2.05) is 36.7 Å². The van der Waals surface area contributed by atoms with E-state index in [4.69, 9.17) is 0 Å². The van der Waals surface area contributed by atoms with Crippen molar-refractivity contribution in [3.05, 3.63) is 102 Å². The van der Waals surface area contributed by atoms with Crippen LogP contribution in [0, 0.1) is 0 Å². The van der Waals surface area contributed by atoms with Crippen LogP contribution in [0.2, 0.25) is 0 Å². The molecule has 8 heteroatoms. The van der Waals surface area contributed by atoms with E-state index in [9.17, 15) is 13.2 Å². The molecular weight excluding hydrogens is 487 g/mol. The fraction of sp³-hybridized carbons (Fsp3) is 0.200. The first kappa shape index (κ1) is 24.2. The minimum Gasteiger partial charge on any atom is -0.369 e. The van der Waals surface area contributed by atoms with E-state index in [0.29, 0.717) is 16.9 Å². The van der Waals surface area contributed by atoms with Crippen LogP contribution in [0.1, 0.15) is 11.1 Å². The van der Waals surface area contributed by atoms with E-state index in [1.54, 1.807) is 0 Å². The Labute approximate surface area is 218 Å². The van der Waals surface area contributed by atoms with Gasteiger partial charge >= 0.3 is 6.18 Å². The van der Waals surface area contributed by atoms with Crippen molar-refractivity contribution in [3.63, 3.8) is 0 Å². The molecule has 192 valence electrons. The number of alkyl halides is 3. The Balaban J connectivity index is 1.09. The molecule has 1 aliphatic rings. The van der Waals surface area contributed by atoms with Crippen molar-refractivity contribution in [2.24, 2.45) is 0 Å². The highest BCUT2D eigenvalue weighted by molar-refractivity contribution is 5.80. The van der Waals surface area contributed by atoms with Gasteiger partial charge in [0.05, 0.1) is 16.6 Å². The third-order valence-corrected chi connectivity index (χ3v) is 7.06. The SMILES string of the molecule is FC(F)(F)c1ccc2nc(-c3ccc(-c4ccc(CN5CCN(c6ccncc6)CC5)cc4)cc3)[nH]c2c1. The molecule has 0 atom stereocenters. The number of nitrogens with one attached hydrogen (secondary N) is 1. The number of pyridine rings is 1. The van der Waals surface area contributed by atoms with Gasteiger partial charge < -0.3 is 9.88 Å². The van der Waals surface area contributed by atoms with E-state index < -0.39 is 11.7 Å². The summed E-state index contributed by atoms with van der Waals surface area (Å²) in [5.41, 5.74) is 5.70. The standard InChI is InChI=1S/C30H26F3N5/c31-30(32,33)25-9-10-27-28(19-25)36-29(35-27)24-7-5-23(6-8-24)22-3-1-21(2-4-22)20-37-15-17-38(18-16-37)26-11-13-34-14-12-26/h1-14,19H,15-18,20H2,(H,35,36). The predicted molar refractivity (Wildman–Crippen MR) is 144 cm³/mol. The summed E-state index contributed by atoms with van der Waals surface area (Å²) in [4.78, 5) is 16.5. The molecule has 1 fully saturated rings. The molecule has 5 nitrogen and oxygen atoms in total. The molecule has 0 saturated carbocycles. The number of nitrogens with zero attached hydrogens (tertiary/aromatic N) is 4. The summed E-state index contributed by atoms with van der Waals surface area (Å²) in [7, 11) is 0. The molecule has 0 radical (unpaired) electrons. The monoisotopic (exact) mass is 513 g/mol. The molecule has 0 spiro atoms. The topological polar surface area (TPSA) is 48.1 Å². The first-order valence-electron chi connectivity index (χ1n) is 12.6. The molecule has 6 rings (SSSR count). The van der Waals surface area contributed by atoms with Crippen LogP contribution < -0.4 is 4.90 Å². The lowest BCUT2D eigenvalue weighted by atomic mass is 10.0. The molecule has 38 heavy (non-hydrogen) atoms.